The van der Waals surface area contributed by atoms with E-state index in [9.17, 15) is 9.90 Å². The molecule has 0 aliphatic heterocycles. The fourth-order valence-electron chi connectivity index (χ4n) is 2.22. The normalized spacial score (nSPS) is 13.2. The molecular weight excluding hydrogens is 254 g/mol. The third-order valence-electron chi connectivity index (χ3n) is 3.32. The van der Waals surface area contributed by atoms with Crippen molar-refractivity contribution in [3.63, 3.8) is 0 Å². The van der Waals surface area contributed by atoms with Crippen LogP contribution in [0.2, 0.25) is 0 Å². The molecule has 20 heavy (non-hydrogen) atoms. The average Bonchev–Trinajstić information content (AvgIpc) is 2.83. The highest BCUT2D eigenvalue weighted by atomic mass is 16.5. The lowest BCUT2D eigenvalue weighted by Gasteiger charge is -2.15. The summed E-state index contributed by atoms with van der Waals surface area (Å²) in [6.07, 6.45) is 0. The SMILES string of the molecule is CC(c1ccccc1)c1noc(C(C)(C)C)c1C(=O)O. The molecule has 0 spiro atoms. The van der Waals surface area contributed by atoms with E-state index in [-0.39, 0.29) is 11.5 Å². The number of carboxylic acid groups (broad SMARTS) is 1. The predicted octanol–water partition coefficient (Wildman–Crippen LogP) is 3.82. The summed E-state index contributed by atoms with van der Waals surface area (Å²) in [4.78, 5) is 11.6. The molecule has 106 valence electrons. The Labute approximate surface area is 118 Å². The maximum atomic E-state index is 11.6. The smallest absolute Gasteiger partial charge is 0.341 e. The first-order chi connectivity index (χ1) is 9.32. The minimum Gasteiger partial charge on any atom is -0.477 e. The monoisotopic (exact) mass is 273 g/mol. The number of carboxylic acids is 1. The molecule has 1 N–H and O–H groups in total. The van der Waals surface area contributed by atoms with Gasteiger partial charge in [0.25, 0.3) is 0 Å². The van der Waals surface area contributed by atoms with Crippen molar-refractivity contribution in [2.24, 2.45) is 0 Å². The van der Waals surface area contributed by atoms with Gasteiger partial charge < -0.3 is 9.63 Å². The summed E-state index contributed by atoms with van der Waals surface area (Å²) in [5, 5.41) is 13.5. The van der Waals surface area contributed by atoms with Crippen molar-refractivity contribution in [1.29, 1.82) is 0 Å². The van der Waals surface area contributed by atoms with Crippen LogP contribution in [0.5, 0.6) is 0 Å². The Hall–Kier alpha value is -2.10. The van der Waals surface area contributed by atoms with Crippen LogP contribution in [0.3, 0.4) is 0 Å². The van der Waals surface area contributed by atoms with E-state index in [2.05, 4.69) is 5.16 Å². The number of nitrogens with zero attached hydrogens (tertiary/aromatic N) is 1. The maximum Gasteiger partial charge on any atom is 0.341 e. The van der Waals surface area contributed by atoms with E-state index < -0.39 is 11.4 Å². The molecule has 0 radical (unpaired) electrons. The zero-order valence-corrected chi connectivity index (χ0v) is 12.2. The quantitative estimate of drug-likeness (QED) is 0.923. The number of benzene rings is 1. The van der Waals surface area contributed by atoms with Crippen molar-refractivity contribution in [1.82, 2.24) is 5.16 Å². The van der Waals surface area contributed by atoms with Crippen LogP contribution in [-0.2, 0) is 5.41 Å². The van der Waals surface area contributed by atoms with E-state index in [1.807, 2.05) is 58.0 Å². The van der Waals surface area contributed by atoms with Gasteiger partial charge in [-0.1, -0.05) is 63.2 Å². The third kappa shape index (κ3) is 2.59. The Kier molecular flexibility index (Phi) is 3.66. The van der Waals surface area contributed by atoms with Gasteiger partial charge in [-0.05, 0) is 5.56 Å². The highest BCUT2D eigenvalue weighted by molar-refractivity contribution is 5.90. The molecule has 1 unspecified atom stereocenters. The molecule has 0 bridgehead atoms. The van der Waals surface area contributed by atoms with E-state index in [0.717, 1.165) is 5.56 Å². The largest absolute Gasteiger partial charge is 0.477 e. The third-order valence-corrected chi connectivity index (χ3v) is 3.32. The topological polar surface area (TPSA) is 63.3 Å². The van der Waals surface area contributed by atoms with Gasteiger partial charge in [0, 0.05) is 11.3 Å². The van der Waals surface area contributed by atoms with Gasteiger partial charge in [0.2, 0.25) is 0 Å². The lowest BCUT2D eigenvalue weighted by Crippen LogP contribution is -2.16. The summed E-state index contributed by atoms with van der Waals surface area (Å²) in [6.45, 7) is 7.68. The fourth-order valence-corrected chi connectivity index (χ4v) is 2.22. The van der Waals surface area contributed by atoms with Crippen molar-refractivity contribution in [2.45, 2.75) is 39.0 Å². The molecule has 0 aliphatic rings. The molecule has 0 fully saturated rings. The first-order valence-electron chi connectivity index (χ1n) is 6.60. The molecule has 2 rings (SSSR count). The highest BCUT2D eigenvalue weighted by Crippen LogP contribution is 2.33. The number of carbonyl (C=O) groups is 1. The summed E-state index contributed by atoms with van der Waals surface area (Å²) in [7, 11) is 0. The Morgan fingerprint density at radius 3 is 2.35 bits per heavy atom. The molecule has 0 saturated carbocycles. The van der Waals surface area contributed by atoms with Crippen molar-refractivity contribution in [3.05, 3.63) is 52.9 Å². The molecule has 1 heterocycles. The Morgan fingerprint density at radius 1 is 1.25 bits per heavy atom. The fraction of sp³-hybridized carbons (Fsp3) is 0.375. The van der Waals surface area contributed by atoms with Gasteiger partial charge in [-0.3, -0.25) is 0 Å². The highest BCUT2D eigenvalue weighted by Gasteiger charge is 2.32. The van der Waals surface area contributed by atoms with Crippen LogP contribution in [0.15, 0.2) is 34.9 Å². The van der Waals surface area contributed by atoms with E-state index >= 15 is 0 Å². The van der Waals surface area contributed by atoms with Crippen molar-refractivity contribution < 1.29 is 14.4 Å². The minimum atomic E-state index is -0.992. The van der Waals surface area contributed by atoms with Crippen LogP contribution in [0.4, 0.5) is 0 Å². The second-order valence-electron chi connectivity index (χ2n) is 5.96. The van der Waals surface area contributed by atoms with Gasteiger partial charge >= 0.3 is 5.97 Å². The predicted molar refractivity (Wildman–Crippen MR) is 76.1 cm³/mol. The summed E-state index contributed by atoms with van der Waals surface area (Å²) in [6, 6.07) is 9.70. The molecule has 0 aliphatic carbocycles. The molecular formula is C16H19NO3. The summed E-state index contributed by atoms with van der Waals surface area (Å²) in [5.74, 6) is -0.695. The number of aromatic nitrogens is 1. The zero-order chi connectivity index (χ0) is 14.9. The number of aromatic carboxylic acids is 1. The Bertz CT molecular complexity index is 608. The average molecular weight is 273 g/mol. The van der Waals surface area contributed by atoms with E-state index in [4.69, 9.17) is 4.52 Å². The van der Waals surface area contributed by atoms with Crippen molar-refractivity contribution >= 4 is 5.97 Å². The second kappa shape index (κ2) is 5.12. The second-order valence-corrected chi connectivity index (χ2v) is 5.96. The molecule has 4 heteroatoms. The first kappa shape index (κ1) is 14.3. The lowest BCUT2D eigenvalue weighted by atomic mass is 9.87. The summed E-state index contributed by atoms with van der Waals surface area (Å²) in [5.41, 5.74) is 1.29. The van der Waals surface area contributed by atoms with Crippen molar-refractivity contribution in [3.8, 4) is 0 Å². The van der Waals surface area contributed by atoms with Gasteiger partial charge in [0.1, 0.15) is 11.3 Å². The molecule has 1 aromatic carbocycles. The molecule has 2 aromatic rings. The van der Waals surface area contributed by atoms with Gasteiger partial charge in [-0.15, -0.1) is 0 Å². The number of rotatable bonds is 3. The minimum absolute atomic E-state index is 0.123. The zero-order valence-electron chi connectivity index (χ0n) is 12.2. The number of hydrogen-bond donors (Lipinski definition) is 1. The van der Waals surface area contributed by atoms with Crippen molar-refractivity contribution in [2.75, 3.05) is 0 Å². The molecule has 4 nitrogen and oxygen atoms in total. The van der Waals surface area contributed by atoms with E-state index in [1.54, 1.807) is 0 Å². The summed E-state index contributed by atoms with van der Waals surface area (Å²) >= 11 is 0. The molecule has 1 aromatic heterocycles. The van der Waals surface area contributed by atoms with Gasteiger partial charge in [-0.2, -0.15) is 0 Å². The standard InChI is InChI=1S/C16H19NO3/c1-10(11-8-6-5-7-9-11)13-12(15(18)19)14(20-17-13)16(2,3)4/h5-10H,1-4H3,(H,18,19). The van der Waals surface area contributed by atoms with Crippen LogP contribution >= 0.6 is 0 Å². The molecule has 0 amide bonds. The lowest BCUT2D eigenvalue weighted by molar-refractivity contribution is 0.0691. The van der Waals surface area contributed by atoms with Crippen LogP contribution < -0.4 is 0 Å². The summed E-state index contributed by atoms with van der Waals surface area (Å²) < 4.78 is 5.33. The van der Waals surface area contributed by atoms with Gasteiger partial charge in [0.15, 0.2) is 5.76 Å². The van der Waals surface area contributed by atoms with Crippen LogP contribution in [0, 0.1) is 0 Å². The Balaban J connectivity index is 2.53. The van der Waals surface area contributed by atoms with E-state index in [1.165, 1.54) is 0 Å². The number of hydrogen-bond acceptors (Lipinski definition) is 3. The van der Waals surface area contributed by atoms with Crippen LogP contribution in [0.25, 0.3) is 0 Å². The first-order valence-corrected chi connectivity index (χ1v) is 6.60. The van der Waals surface area contributed by atoms with E-state index in [0.29, 0.717) is 11.5 Å². The molecule has 0 saturated heterocycles. The molecule has 1 atom stereocenters. The van der Waals surface area contributed by atoms with Gasteiger partial charge in [-0.25, -0.2) is 4.79 Å². The maximum absolute atomic E-state index is 11.6. The van der Waals surface area contributed by atoms with Crippen LogP contribution in [-0.4, -0.2) is 16.2 Å². The van der Waals surface area contributed by atoms with Crippen LogP contribution in [0.1, 0.15) is 61.0 Å². The Morgan fingerprint density at radius 2 is 1.85 bits per heavy atom. The van der Waals surface area contributed by atoms with Gasteiger partial charge in [0.05, 0.1) is 0 Å².